The summed E-state index contributed by atoms with van der Waals surface area (Å²) in [6.07, 6.45) is -6.98. The number of methoxy groups -OCH3 is 2. The Labute approximate surface area is 281 Å². The van der Waals surface area contributed by atoms with Crippen LogP contribution in [-0.2, 0) is 30.5 Å². The van der Waals surface area contributed by atoms with E-state index in [0.29, 0.717) is 10.3 Å². The first kappa shape index (κ1) is 35.0. The summed E-state index contributed by atoms with van der Waals surface area (Å²) in [5, 5.41) is 20.1. The van der Waals surface area contributed by atoms with Gasteiger partial charge in [0.05, 0.1) is 23.2 Å². The van der Waals surface area contributed by atoms with Crippen LogP contribution in [0.25, 0.3) is 0 Å². The Morgan fingerprint density at radius 3 is 2.11 bits per heavy atom. The second-order valence-electron chi connectivity index (χ2n) is 9.58. The molecule has 0 saturated carbocycles. The van der Waals surface area contributed by atoms with Gasteiger partial charge in [-0.2, -0.15) is 5.26 Å². The molecule has 1 aliphatic heterocycles. The molecule has 1 unspecified atom stereocenters. The molecule has 6 atom stereocenters. The predicted octanol–water partition coefficient (Wildman–Crippen LogP) is 4.78. The van der Waals surface area contributed by atoms with Gasteiger partial charge in [-0.3, -0.25) is 14.2 Å². The number of aromatic nitrogens is 2. The summed E-state index contributed by atoms with van der Waals surface area (Å²) in [4.78, 5) is 38.7. The van der Waals surface area contributed by atoms with Gasteiger partial charge in [0.2, 0.25) is 0 Å². The lowest BCUT2D eigenvalue weighted by molar-refractivity contribution is -0.157. The van der Waals surface area contributed by atoms with E-state index in [9.17, 15) is 24.8 Å². The van der Waals surface area contributed by atoms with Gasteiger partial charge in [-0.25, -0.2) is 9.36 Å². The van der Waals surface area contributed by atoms with E-state index < -0.39 is 60.7 Å². The molecule has 240 valence electrons. The van der Waals surface area contributed by atoms with Crippen LogP contribution in [0, 0.1) is 11.3 Å². The zero-order chi connectivity index (χ0) is 33.2. The molecule has 45 heavy (non-hydrogen) atoms. The standard InChI is InChI=1S/C28H24Cl5N3O9/c1-12(37)44-26-25(42-3)23(19(38)10-34)45-27(26)35-5-4-20(39)36(28(35)40)11-43-24(21-15(30)6-13(29)7-16(21)31)22-17(32)8-14(41-2)9-18(22)33/h4-9,19,23-27,38H,11H2,1-3H3/t19-,23-,24?,25-,26-,27-/m1/s1. The summed E-state index contributed by atoms with van der Waals surface area (Å²) >= 11 is 32.3. The first-order chi connectivity index (χ1) is 21.3. The van der Waals surface area contributed by atoms with E-state index in [-0.39, 0.29) is 36.2 Å². The van der Waals surface area contributed by atoms with Gasteiger partial charge in [-0.1, -0.05) is 58.0 Å². The molecule has 2 aromatic carbocycles. The number of ether oxygens (including phenoxy) is 5. The van der Waals surface area contributed by atoms with Crippen LogP contribution in [0.5, 0.6) is 5.75 Å². The molecule has 0 aliphatic carbocycles. The van der Waals surface area contributed by atoms with Crippen LogP contribution in [0.3, 0.4) is 0 Å². The van der Waals surface area contributed by atoms with E-state index in [1.54, 1.807) is 6.07 Å². The maximum Gasteiger partial charge on any atom is 0.335 e. The molecule has 1 aromatic heterocycles. The zero-order valence-corrected chi connectivity index (χ0v) is 27.4. The van der Waals surface area contributed by atoms with E-state index in [4.69, 9.17) is 81.7 Å². The molecule has 0 bridgehead atoms. The number of benzene rings is 2. The van der Waals surface area contributed by atoms with Crippen molar-refractivity contribution in [1.82, 2.24) is 9.13 Å². The molecule has 12 nitrogen and oxygen atoms in total. The van der Waals surface area contributed by atoms with Gasteiger partial charge in [0, 0.05) is 52.5 Å². The molecular weight excluding hydrogens is 700 g/mol. The van der Waals surface area contributed by atoms with E-state index in [1.807, 2.05) is 0 Å². The smallest absolute Gasteiger partial charge is 0.335 e. The van der Waals surface area contributed by atoms with Crippen molar-refractivity contribution < 1.29 is 33.6 Å². The zero-order valence-electron chi connectivity index (χ0n) is 23.6. The van der Waals surface area contributed by atoms with Gasteiger partial charge >= 0.3 is 11.7 Å². The summed E-state index contributed by atoms with van der Waals surface area (Å²) < 4.78 is 29.5. The molecule has 1 aliphatic rings. The van der Waals surface area contributed by atoms with Crippen LogP contribution in [0.1, 0.15) is 30.4 Å². The number of hydrogen-bond acceptors (Lipinski definition) is 10. The topological polar surface area (TPSA) is 151 Å². The maximum atomic E-state index is 13.7. The highest BCUT2D eigenvalue weighted by Crippen LogP contribution is 2.44. The molecular formula is C28H24Cl5N3O9. The van der Waals surface area contributed by atoms with Crippen molar-refractivity contribution in [3.8, 4) is 11.8 Å². The van der Waals surface area contributed by atoms with Crippen molar-refractivity contribution >= 4 is 64.0 Å². The second-order valence-corrected chi connectivity index (χ2v) is 11.6. The molecule has 1 N–H and O–H groups in total. The molecule has 2 heterocycles. The number of aliphatic hydroxyl groups is 1. The molecule has 1 fully saturated rings. The van der Waals surface area contributed by atoms with Gasteiger partial charge < -0.3 is 28.8 Å². The monoisotopic (exact) mass is 721 g/mol. The van der Waals surface area contributed by atoms with E-state index in [2.05, 4.69) is 0 Å². The Bertz CT molecular complexity index is 1710. The Kier molecular flexibility index (Phi) is 11.5. The van der Waals surface area contributed by atoms with Crippen LogP contribution in [0.2, 0.25) is 25.1 Å². The van der Waals surface area contributed by atoms with Crippen molar-refractivity contribution in [3.05, 3.63) is 93.6 Å². The average Bonchev–Trinajstić information content (AvgIpc) is 3.32. The van der Waals surface area contributed by atoms with E-state index in [1.165, 1.54) is 38.5 Å². The fourth-order valence-corrected chi connectivity index (χ4v) is 6.52. The first-order valence-corrected chi connectivity index (χ1v) is 14.8. The first-order valence-electron chi connectivity index (χ1n) is 12.9. The molecule has 17 heteroatoms. The largest absolute Gasteiger partial charge is 0.497 e. The summed E-state index contributed by atoms with van der Waals surface area (Å²) in [5.41, 5.74) is -1.37. The average molecular weight is 724 g/mol. The van der Waals surface area contributed by atoms with Gasteiger partial charge in [-0.05, 0) is 24.3 Å². The number of hydrogen-bond donors (Lipinski definition) is 1. The molecule has 0 spiro atoms. The Hall–Kier alpha value is -2.83. The normalized spacial score (nSPS) is 20.8. The molecule has 0 radical (unpaired) electrons. The number of rotatable bonds is 10. The SMILES string of the molecule is COc1cc(Cl)c(C(OCn2c(=O)ccn([C@@H]3O[C@H]([C@H](O)C#N)[C@@H](OC)[C@H]3OC(C)=O)c2=O)c2c(Cl)cc(Cl)cc2Cl)c(Cl)c1. The lowest BCUT2D eigenvalue weighted by atomic mass is 10.0. The summed E-state index contributed by atoms with van der Waals surface area (Å²) in [5.74, 6) is -0.406. The van der Waals surface area contributed by atoms with Gasteiger partial charge in [-0.15, -0.1) is 0 Å². The summed E-state index contributed by atoms with van der Waals surface area (Å²) in [6.45, 7) is 0.429. The van der Waals surface area contributed by atoms with Crippen LogP contribution in [0.4, 0.5) is 0 Å². The molecule has 1 saturated heterocycles. The summed E-state index contributed by atoms with van der Waals surface area (Å²) in [7, 11) is 2.68. The fourth-order valence-electron chi connectivity index (χ4n) is 4.84. The van der Waals surface area contributed by atoms with Crippen molar-refractivity contribution in [1.29, 1.82) is 5.26 Å². The number of nitriles is 1. The predicted molar refractivity (Wildman–Crippen MR) is 164 cm³/mol. The third kappa shape index (κ3) is 7.28. The minimum atomic E-state index is -1.70. The highest BCUT2D eigenvalue weighted by atomic mass is 35.5. The van der Waals surface area contributed by atoms with Crippen LogP contribution in [-0.4, -0.2) is 58.8 Å². The quantitative estimate of drug-likeness (QED) is 0.229. The second kappa shape index (κ2) is 14.7. The van der Waals surface area contributed by atoms with E-state index in [0.717, 1.165) is 23.8 Å². The number of carbonyl (C=O) groups excluding carboxylic acids is 1. The third-order valence-electron chi connectivity index (χ3n) is 6.84. The molecule has 4 rings (SSSR count). The van der Waals surface area contributed by atoms with Crippen molar-refractivity contribution in [3.63, 3.8) is 0 Å². The van der Waals surface area contributed by atoms with Crippen molar-refractivity contribution in [2.24, 2.45) is 0 Å². The van der Waals surface area contributed by atoms with Gasteiger partial charge in [0.15, 0.2) is 18.4 Å². The number of halogens is 5. The van der Waals surface area contributed by atoms with Crippen LogP contribution < -0.4 is 16.0 Å². The Morgan fingerprint density at radius 2 is 1.60 bits per heavy atom. The summed E-state index contributed by atoms with van der Waals surface area (Å²) in [6, 6.07) is 8.46. The van der Waals surface area contributed by atoms with E-state index >= 15 is 0 Å². The minimum absolute atomic E-state index is 0.0783. The molecule has 3 aromatic rings. The van der Waals surface area contributed by atoms with Crippen molar-refractivity contribution in [2.45, 2.75) is 50.4 Å². The highest BCUT2D eigenvalue weighted by molar-refractivity contribution is 6.40. The van der Waals surface area contributed by atoms with Crippen LogP contribution >= 0.6 is 58.0 Å². The number of esters is 1. The van der Waals surface area contributed by atoms with Crippen LogP contribution in [0.15, 0.2) is 46.1 Å². The highest BCUT2D eigenvalue weighted by Gasteiger charge is 2.51. The maximum absolute atomic E-state index is 13.7. The number of carbonyl (C=O) groups is 1. The third-order valence-corrected chi connectivity index (χ3v) is 8.31. The molecule has 0 amide bonds. The lowest BCUT2D eigenvalue weighted by Gasteiger charge is -2.25. The van der Waals surface area contributed by atoms with Gasteiger partial charge in [0.25, 0.3) is 5.56 Å². The Balaban J connectivity index is 1.80. The minimum Gasteiger partial charge on any atom is -0.497 e. The number of nitrogens with zero attached hydrogens (tertiary/aromatic N) is 3. The van der Waals surface area contributed by atoms with Gasteiger partial charge in [0.1, 0.15) is 30.8 Å². The Morgan fingerprint density at radius 1 is 1.02 bits per heavy atom. The lowest BCUT2D eigenvalue weighted by Crippen LogP contribution is -2.45. The number of aliphatic hydroxyl groups excluding tert-OH is 1. The van der Waals surface area contributed by atoms with Crippen molar-refractivity contribution in [2.75, 3.05) is 14.2 Å². The fraction of sp³-hybridized carbons (Fsp3) is 0.357.